The molecule has 2 N–H and O–H groups in total. The number of aromatic nitrogens is 2. The van der Waals surface area contributed by atoms with Crippen LogP contribution in [0.2, 0.25) is 0 Å². The molecule has 2 aromatic rings. The molecule has 0 aliphatic carbocycles. The predicted octanol–water partition coefficient (Wildman–Crippen LogP) is 1.94. The highest BCUT2D eigenvalue weighted by molar-refractivity contribution is 9.10. The molecule has 0 aliphatic heterocycles. The van der Waals surface area contributed by atoms with Crippen LogP contribution in [0.15, 0.2) is 35.1 Å². The zero-order valence-electron chi connectivity index (χ0n) is 9.92. The number of hydrogen-bond donors (Lipinski definition) is 1. The molecule has 0 aliphatic rings. The topological polar surface area (TPSA) is 91.4 Å². The van der Waals surface area contributed by atoms with Crippen molar-refractivity contribution in [3.05, 3.63) is 52.0 Å². The standard InChI is InChI=1S/C13H10BrN5/c14-10-3-1-2-9(4-10)12(6-16)19-8-18-11(5-15)13(19)7-17/h1-4,8,12H,6,16H2. The van der Waals surface area contributed by atoms with Gasteiger partial charge in [-0.15, -0.1) is 0 Å². The van der Waals surface area contributed by atoms with Crippen molar-refractivity contribution in [1.29, 1.82) is 10.5 Å². The van der Waals surface area contributed by atoms with Crippen LogP contribution in [0.1, 0.15) is 23.0 Å². The zero-order valence-corrected chi connectivity index (χ0v) is 11.5. The first-order valence-electron chi connectivity index (χ1n) is 5.53. The second-order valence-electron chi connectivity index (χ2n) is 3.88. The molecule has 5 nitrogen and oxygen atoms in total. The molecule has 0 amide bonds. The maximum Gasteiger partial charge on any atom is 0.176 e. The lowest BCUT2D eigenvalue weighted by molar-refractivity contribution is 0.588. The molecule has 1 unspecified atom stereocenters. The van der Waals surface area contributed by atoms with Gasteiger partial charge in [0.15, 0.2) is 11.4 Å². The number of rotatable bonds is 3. The van der Waals surface area contributed by atoms with Crippen molar-refractivity contribution in [2.24, 2.45) is 5.73 Å². The normalized spacial score (nSPS) is 11.6. The molecule has 0 bridgehead atoms. The number of nitrogens with zero attached hydrogens (tertiary/aromatic N) is 4. The quantitative estimate of drug-likeness (QED) is 0.936. The Kier molecular flexibility index (Phi) is 3.96. The van der Waals surface area contributed by atoms with Crippen molar-refractivity contribution < 1.29 is 0 Å². The van der Waals surface area contributed by atoms with Gasteiger partial charge in [0.2, 0.25) is 0 Å². The first-order chi connectivity index (χ1) is 9.21. The second kappa shape index (κ2) is 5.66. The number of benzene rings is 1. The summed E-state index contributed by atoms with van der Waals surface area (Å²) in [7, 11) is 0. The van der Waals surface area contributed by atoms with Gasteiger partial charge in [-0.2, -0.15) is 10.5 Å². The molecule has 0 saturated heterocycles. The van der Waals surface area contributed by atoms with Crippen LogP contribution in [-0.2, 0) is 0 Å². The van der Waals surface area contributed by atoms with Gasteiger partial charge in [-0.1, -0.05) is 28.1 Å². The van der Waals surface area contributed by atoms with E-state index >= 15 is 0 Å². The molecule has 0 saturated carbocycles. The first kappa shape index (κ1) is 13.3. The average Bonchev–Trinajstić information content (AvgIpc) is 2.82. The number of halogens is 1. The lowest BCUT2D eigenvalue weighted by atomic mass is 10.1. The highest BCUT2D eigenvalue weighted by Gasteiger charge is 2.18. The lowest BCUT2D eigenvalue weighted by Gasteiger charge is -2.18. The van der Waals surface area contributed by atoms with Crippen molar-refractivity contribution >= 4 is 15.9 Å². The Hall–Kier alpha value is -2.15. The van der Waals surface area contributed by atoms with Crippen LogP contribution in [0, 0.1) is 22.7 Å². The van der Waals surface area contributed by atoms with Crippen LogP contribution in [-0.4, -0.2) is 16.1 Å². The van der Waals surface area contributed by atoms with Gasteiger partial charge in [0, 0.05) is 11.0 Å². The predicted molar refractivity (Wildman–Crippen MR) is 73.0 cm³/mol. The third kappa shape index (κ3) is 2.50. The fourth-order valence-electron chi connectivity index (χ4n) is 1.91. The second-order valence-corrected chi connectivity index (χ2v) is 4.79. The minimum atomic E-state index is -0.221. The summed E-state index contributed by atoms with van der Waals surface area (Å²) in [6, 6.07) is 11.4. The molecule has 0 radical (unpaired) electrons. The Balaban J connectivity index is 2.53. The van der Waals surface area contributed by atoms with Crippen molar-refractivity contribution in [3.8, 4) is 12.1 Å². The molecule has 2 rings (SSSR count). The van der Waals surface area contributed by atoms with E-state index in [1.54, 1.807) is 4.57 Å². The minimum Gasteiger partial charge on any atom is -0.328 e. The fraction of sp³-hybridized carbons (Fsp3) is 0.154. The monoisotopic (exact) mass is 315 g/mol. The summed E-state index contributed by atoms with van der Waals surface area (Å²) in [5.41, 5.74) is 7.11. The summed E-state index contributed by atoms with van der Waals surface area (Å²) in [4.78, 5) is 3.93. The van der Waals surface area contributed by atoms with Crippen molar-refractivity contribution in [2.45, 2.75) is 6.04 Å². The third-order valence-electron chi connectivity index (χ3n) is 2.80. The van der Waals surface area contributed by atoms with E-state index in [1.807, 2.05) is 36.4 Å². The summed E-state index contributed by atoms with van der Waals surface area (Å²) < 4.78 is 2.57. The summed E-state index contributed by atoms with van der Waals surface area (Å²) in [6.07, 6.45) is 1.48. The highest BCUT2D eigenvalue weighted by atomic mass is 79.9. The van der Waals surface area contributed by atoms with Crippen LogP contribution in [0.3, 0.4) is 0 Å². The molecule has 94 valence electrons. The van der Waals surface area contributed by atoms with Gasteiger partial charge in [-0.05, 0) is 17.7 Å². The van der Waals surface area contributed by atoms with Crippen molar-refractivity contribution in [1.82, 2.24) is 9.55 Å². The van der Waals surface area contributed by atoms with Gasteiger partial charge >= 0.3 is 0 Å². The van der Waals surface area contributed by atoms with Crippen molar-refractivity contribution in [3.63, 3.8) is 0 Å². The van der Waals surface area contributed by atoms with E-state index in [1.165, 1.54) is 6.33 Å². The van der Waals surface area contributed by atoms with E-state index < -0.39 is 0 Å². The van der Waals surface area contributed by atoms with Gasteiger partial charge in [0.1, 0.15) is 12.1 Å². The van der Waals surface area contributed by atoms with Crippen LogP contribution in [0.25, 0.3) is 0 Å². The number of nitrogens with two attached hydrogens (primary N) is 1. The van der Waals surface area contributed by atoms with E-state index in [0.29, 0.717) is 6.54 Å². The summed E-state index contributed by atoms with van der Waals surface area (Å²) in [5, 5.41) is 18.1. The van der Waals surface area contributed by atoms with Crippen LogP contribution in [0.4, 0.5) is 0 Å². The molecular weight excluding hydrogens is 306 g/mol. The number of hydrogen-bond acceptors (Lipinski definition) is 4. The molecule has 6 heteroatoms. The maximum atomic E-state index is 9.15. The lowest BCUT2D eigenvalue weighted by Crippen LogP contribution is -2.21. The molecule has 1 aromatic carbocycles. The van der Waals surface area contributed by atoms with E-state index in [-0.39, 0.29) is 17.4 Å². The molecule has 1 atom stereocenters. The van der Waals surface area contributed by atoms with Crippen molar-refractivity contribution in [2.75, 3.05) is 6.54 Å². The van der Waals surface area contributed by atoms with Gasteiger partial charge < -0.3 is 10.3 Å². The average molecular weight is 316 g/mol. The molecule has 0 fully saturated rings. The Bertz CT molecular complexity index is 677. The summed E-state index contributed by atoms with van der Waals surface area (Å²) in [5.74, 6) is 0. The molecule has 0 spiro atoms. The van der Waals surface area contributed by atoms with E-state index in [2.05, 4.69) is 20.9 Å². The van der Waals surface area contributed by atoms with E-state index in [9.17, 15) is 0 Å². The molecule has 1 aromatic heterocycles. The highest BCUT2D eigenvalue weighted by Crippen LogP contribution is 2.23. The van der Waals surface area contributed by atoms with Gasteiger partial charge in [0.05, 0.1) is 12.4 Å². The summed E-state index contributed by atoms with van der Waals surface area (Å²) >= 11 is 3.40. The molecular formula is C13H10BrN5. The Morgan fingerprint density at radius 2 is 2.16 bits per heavy atom. The third-order valence-corrected chi connectivity index (χ3v) is 3.29. The first-order valence-corrected chi connectivity index (χ1v) is 6.33. The largest absolute Gasteiger partial charge is 0.328 e. The van der Waals surface area contributed by atoms with Gasteiger partial charge in [-0.3, -0.25) is 0 Å². The maximum absolute atomic E-state index is 9.15. The smallest absolute Gasteiger partial charge is 0.176 e. The Morgan fingerprint density at radius 1 is 1.37 bits per heavy atom. The van der Waals surface area contributed by atoms with Gasteiger partial charge in [0.25, 0.3) is 0 Å². The Labute approximate surface area is 119 Å². The number of imidazole rings is 1. The molecule has 1 heterocycles. The van der Waals surface area contributed by atoms with Crippen LogP contribution < -0.4 is 5.73 Å². The molecule has 19 heavy (non-hydrogen) atoms. The van der Waals surface area contributed by atoms with Gasteiger partial charge in [-0.25, -0.2) is 4.98 Å². The van der Waals surface area contributed by atoms with Crippen LogP contribution in [0.5, 0.6) is 0 Å². The number of nitriles is 2. The van der Waals surface area contributed by atoms with E-state index in [0.717, 1.165) is 10.0 Å². The zero-order chi connectivity index (χ0) is 13.8. The van der Waals surface area contributed by atoms with Crippen LogP contribution >= 0.6 is 15.9 Å². The fourth-order valence-corrected chi connectivity index (χ4v) is 2.33. The minimum absolute atomic E-state index is 0.121. The SMILES string of the molecule is N#Cc1ncn(C(CN)c2cccc(Br)c2)c1C#N. The van der Waals surface area contributed by atoms with E-state index in [4.69, 9.17) is 16.3 Å². The summed E-state index contributed by atoms with van der Waals surface area (Å²) in [6.45, 7) is 0.312. The Morgan fingerprint density at radius 3 is 2.74 bits per heavy atom.